The number of carbonyl (C=O) groups excluding carboxylic acids is 1. The molecule has 0 radical (unpaired) electrons. The monoisotopic (exact) mass is 328 g/mol. The number of anilines is 1. The molecule has 120 valence electrons. The summed E-state index contributed by atoms with van der Waals surface area (Å²) in [5, 5.41) is 2.64. The minimum absolute atomic E-state index is 0.0137. The van der Waals surface area contributed by atoms with Crippen molar-refractivity contribution in [2.45, 2.75) is 38.6 Å². The van der Waals surface area contributed by atoms with Crippen LogP contribution in [-0.4, -0.2) is 5.91 Å². The van der Waals surface area contributed by atoms with Crippen LogP contribution in [0.15, 0.2) is 48.5 Å². The molecule has 1 unspecified atom stereocenters. The third-order valence-corrected chi connectivity index (χ3v) is 4.45. The Morgan fingerprint density at radius 2 is 1.65 bits per heavy atom. The van der Waals surface area contributed by atoms with E-state index < -0.39 is 0 Å². The molecule has 0 bridgehead atoms. The minimum Gasteiger partial charge on any atom is -0.278 e. The average Bonchev–Trinajstić information content (AvgIpc) is 2.89. The average molecular weight is 329 g/mol. The number of carbonyl (C=O) groups is 1. The maximum absolute atomic E-state index is 11.9. The van der Waals surface area contributed by atoms with Gasteiger partial charge in [0.05, 0.1) is 18.2 Å². The maximum Gasteiger partial charge on any atom is 0.241 e. The molecule has 1 aliphatic heterocycles. The lowest BCUT2D eigenvalue weighted by Crippen LogP contribution is -2.34. The summed E-state index contributed by atoms with van der Waals surface area (Å²) in [6.45, 7) is 6.57. The summed E-state index contributed by atoms with van der Waals surface area (Å²) in [5.41, 5.74) is 6.41. The van der Waals surface area contributed by atoms with Gasteiger partial charge in [-0.2, -0.15) is 0 Å². The van der Waals surface area contributed by atoms with Gasteiger partial charge in [-0.1, -0.05) is 56.6 Å². The van der Waals surface area contributed by atoms with E-state index in [9.17, 15) is 4.79 Å². The molecule has 3 rings (SSSR count). The van der Waals surface area contributed by atoms with Crippen LogP contribution in [-0.2, 0) is 10.2 Å². The molecule has 1 aliphatic rings. The van der Waals surface area contributed by atoms with Crippen LogP contribution in [0, 0.1) is 0 Å². The van der Waals surface area contributed by atoms with E-state index in [4.69, 9.17) is 11.6 Å². The molecule has 1 amide bonds. The van der Waals surface area contributed by atoms with E-state index >= 15 is 0 Å². The molecule has 4 heteroatoms. The first kappa shape index (κ1) is 15.9. The highest BCUT2D eigenvalue weighted by atomic mass is 35.5. The fourth-order valence-corrected chi connectivity index (χ4v) is 2.97. The van der Waals surface area contributed by atoms with Crippen LogP contribution in [0.5, 0.6) is 0 Å². The highest BCUT2D eigenvalue weighted by Gasteiger charge is 2.31. The molecule has 1 saturated heterocycles. The van der Waals surface area contributed by atoms with Crippen molar-refractivity contribution in [3.05, 3.63) is 64.7 Å². The van der Waals surface area contributed by atoms with Gasteiger partial charge < -0.3 is 0 Å². The predicted molar refractivity (Wildman–Crippen MR) is 94.6 cm³/mol. The van der Waals surface area contributed by atoms with Gasteiger partial charge in [0, 0.05) is 5.02 Å². The molecule has 2 aromatic rings. The van der Waals surface area contributed by atoms with Crippen molar-refractivity contribution in [1.82, 2.24) is 5.43 Å². The van der Waals surface area contributed by atoms with Crippen molar-refractivity contribution >= 4 is 23.2 Å². The van der Waals surface area contributed by atoms with E-state index in [1.165, 1.54) is 5.56 Å². The third kappa shape index (κ3) is 3.35. The molecule has 0 aliphatic carbocycles. The van der Waals surface area contributed by atoms with Crippen molar-refractivity contribution in [2.24, 2.45) is 0 Å². The predicted octanol–water partition coefficient (Wildman–Crippen LogP) is 4.62. The second kappa shape index (κ2) is 5.89. The number of hydrogen-bond acceptors (Lipinski definition) is 2. The Hall–Kier alpha value is -2.00. The van der Waals surface area contributed by atoms with Gasteiger partial charge in [-0.25, -0.2) is 0 Å². The second-order valence-electron chi connectivity index (χ2n) is 6.97. The summed E-state index contributed by atoms with van der Waals surface area (Å²) in [7, 11) is 0. The van der Waals surface area contributed by atoms with Gasteiger partial charge in [-0.15, -0.1) is 0 Å². The number of halogens is 1. The number of benzene rings is 2. The summed E-state index contributed by atoms with van der Waals surface area (Å²) in [6.07, 6.45) is 0.447. The van der Waals surface area contributed by atoms with Crippen molar-refractivity contribution in [3.8, 4) is 0 Å². The molecular weight excluding hydrogens is 308 g/mol. The smallest absolute Gasteiger partial charge is 0.241 e. The Kier molecular flexibility index (Phi) is 4.07. The third-order valence-electron chi connectivity index (χ3n) is 4.20. The van der Waals surface area contributed by atoms with Crippen LogP contribution in [0.1, 0.15) is 44.4 Å². The second-order valence-corrected chi connectivity index (χ2v) is 7.41. The maximum atomic E-state index is 11.9. The van der Waals surface area contributed by atoms with Crippen molar-refractivity contribution in [1.29, 1.82) is 0 Å². The first-order valence-electron chi connectivity index (χ1n) is 7.79. The summed E-state index contributed by atoms with van der Waals surface area (Å²) >= 11 is 5.96. The fraction of sp³-hybridized carbons (Fsp3) is 0.316. The van der Waals surface area contributed by atoms with Gasteiger partial charge in [0.15, 0.2) is 0 Å². The van der Waals surface area contributed by atoms with Gasteiger partial charge in [0.2, 0.25) is 5.91 Å². The first-order chi connectivity index (χ1) is 10.8. The standard InChI is InChI=1S/C19H21ClN2O/c1-19(2,3)14-6-10-16(11-7-14)22-17(12-18(23)21-22)13-4-8-15(20)9-5-13/h4-11,17H,12H2,1-3H3,(H,21,23). The van der Waals surface area contributed by atoms with E-state index in [1.807, 2.05) is 29.3 Å². The zero-order chi connectivity index (χ0) is 16.6. The van der Waals surface area contributed by atoms with Crippen molar-refractivity contribution < 1.29 is 4.79 Å². The Bertz CT molecular complexity index is 702. The summed E-state index contributed by atoms with van der Waals surface area (Å²) in [6, 6.07) is 16.0. The lowest BCUT2D eigenvalue weighted by Gasteiger charge is -2.27. The van der Waals surface area contributed by atoms with Crippen LogP contribution in [0.2, 0.25) is 5.02 Å². The Labute approximate surface area is 142 Å². The van der Waals surface area contributed by atoms with Gasteiger partial charge in [0.25, 0.3) is 0 Å². The molecule has 3 nitrogen and oxygen atoms in total. The zero-order valence-electron chi connectivity index (χ0n) is 13.6. The zero-order valence-corrected chi connectivity index (χ0v) is 14.4. The Balaban J connectivity index is 1.90. The summed E-state index contributed by atoms with van der Waals surface area (Å²) in [5.74, 6) is 0.0323. The normalized spacial score (nSPS) is 18.2. The van der Waals surface area contributed by atoms with Crippen LogP contribution < -0.4 is 10.4 Å². The quantitative estimate of drug-likeness (QED) is 0.872. The number of hydrazine groups is 1. The van der Waals surface area contributed by atoms with E-state index in [-0.39, 0.29) is 17.4 Å². The van der Waals surface area contributed by atoms with Gasteiger partial charge in [0.1, 0.15) is 0 Å². The molecule has 0 saturated carbocycles. The van der Waals surface area contributed by atoms with E-state index in [0.29, 0.717) is 11.4 Å². The molecule has 1 atom stereocenters. The van der Waals surface area contributed by atoms with E-state index in [2.05, 4.69) is 50.5 Å². The lowest BCUT2D eigenvalue weighted by molar-refractivity contribution is -0.119. The molecule has 1 heterocycles. The molecule has 23 heavy (non-hydrogen) atoms. The van der Waals surface area contributed by atoms with E-state index in [0.717, 1.165) is 11.3 Å². The highest BCUT2D eigenvalue weighted by molar-refractivity contribution is 6.30. The lowest BCUT2D eigenvalue weighted by atomic mass is 9.87. The SMILES string of the molecule is CC(C)(C)c1ccc(N2NC(=O)CC2c2ccc(Cl)cc2)cc1. The summed E-state index contributed by atoms with van der Waals surface area (Å²) < 4.78 is 0. The molecule has 1 fully saturated rings. The number of rotatable bonds is 2. The van der Waals surface area contributed by atoms with Crippen LogP contribution in [0.3, 0.4) is 0 Å². The van der Waals surface area contributed by atoms with Gasteiger partial charge in [-0.05, 0) is 40.8 Å². The summed E-state index contributed by atoms with van der Waals surface area (Å²) in [4.78, 5) is 11.9. The van der Waals surface area contributed by atoms with Crippen molar-refractivity contribution in [2.75, 3.05) is 5.01 Å². The fourth-order valence-electron chi connectivity index (χ4n) is 2.84. The van der Waals surface area contributed by atoms with E-state index in [1.54, 1.807) is 0 Å². The largest absolute Gasteiger partial charge is 0.278 e. The van der Waals surface area contributed by atoms with Crippen LogP contribution >= 0.6 is 11.6 Å². The highest BCUT2D eigenvalue weighted by Crippen LogP contribution is 2.34. The van der Waals surface area contributed by atoms with Gasteiger partial charge >= 0.3 is 0 Å². The van der Waals surface area contributed by atoms with Gasteiger partial charge in [-0.3, -0.25) is 15.2 Å². The molecule has 0 aromatic heterocycles. The topological polar surface area (TPSA) is 32.3 Å². The number of nitrogens with one attached hydrogen (secondary N) is 1. The molecule has 0 spiro atoms. The minimum atomic E-state index is -0.0137. The molecule has 1 N–H and O–H groups in total. The number of hydrogen-bond donors (Lipinski definition) is 1. The molecule has 2 aromatic carbocycles. The molecular formula is C19H21ClN2O. The number of amides is 1. The van der Waals surface area contributed by atoms with Crippen LogP contribution in [0.25, 0.3) is 0 Å². The Morgan fingerprint density at radius 3 is 2.22 bits per heavy atom. The van der Waals surface area contributed by atoms with Crippen molar-refractivity contribution in [3.63, 3.8) is 0 Å². The Morgan fingerprint density at radius 1 is 1.04 bits per heavy atom. The number of nitrogens with zero attached hydrogens (tertiary/aromatic N) is 1. The first-order valence-corrected chi connectivity index (χ1v) is 8.17. The van der Waals surface area contributed by atoms with Crippen LogP contribution in [0.4, 0.5) is 5.69 Å².